The predicted molar refractivity (Wildman–Crippen MR) is 137 cm³/mol. The maximum Gasteiger partial charge on any atom is -0.0114 e. The van der Waals surface area contributed by atoms with Gasteiger partial charge in [-0.1, -0.05) is 129 Å². The fourth-order valence-corrected chi connectivity index (χ4v) is 4.48. The van der Waals surface area contributed by atoms with E-state index in [2.05, 4.69) is 39.0 Å². The average molecular weight is 414 g/mol. The number of benzene rings is 1. The highest BCUT2D eigenvalue weighted by atomic mass is 14.1. The molecule has 0 saturated carbocycles. The van der Waals surface area contributed by atoms with Gasteiger partial charge in [-0.15, -0.1) is 0 Å². The van der Waals surface area contributed by atoms with Crippen molar-refractivity contribution in [2.45, 2.75) is 156 Å². The van der Waals surface area contributed by atoms with Crippen LogP contribution < -0.4 is 0 Å². The van der Waals surface area contributed by atoms with Crippen LogP contribution in [0.5, 0.6) is 0 Å². The van der Waals surface area contributed by atoms with Gasteiger partial charge in [0.2, 0.25) is 0 Å². The summed E-state index contributed by atoms with van der Waals surface area (Å²) < 4.78 is 0. The van der Waals surface area contributed by atoms with Crippen molar-refractivity contribution < 1.29 is 0 Å². The summed E-state index contributed by atoms with van der Waals surface area (Å²) in [4.78, 5) is 0. The van der Waals surface area contributed by atoms with Crippen LogP contribution in [0.2, 0.25) is 0 Å². The molecule has 0 spiro atoms. The van der Waals surface area contributed by atoms with Gasteiger partial charge in [-0.2, -0.15) is 0 Å². The second kappa shape index (κ2) is 20.1. The molecule has 0 unspecified atom stereocenters. The molecule has 0 heteroatoms. The summed E-state index contributed by atoms with van der Waals surface area (Å²) in [5.74, 6) is 0. The molecule has 0 atom stereocenters. The van der Waals surface area contributed by atoms with Crippen LogP contribution in [-0.4, -0.2) is 0 Å². The zero-order valence-electron chi connectivity index (χ0n) is 21.0. The van der Waals surface area contributed by atoms with Gasteiger partial charge in [0.15, 0.2) is 0 Å². The van der Waals surface area contributed by atoms with Crippen LogP contribution in [0.25, 0.3) is 0 Å². The lowest BCUT2D eigenvalue weighted by atomic mass is 9.95. The Labute approximate surface area is 190 Å². The first-order valence-electron chi connectivity index (χ1n) is 13.8. The van der Waals surface area contributed by atoms with Crippen molar-refractivity contribution in [1.29, 1.82) is 0 Å². The van der Waals surface area contributed by atoms with Crippen molar-refractivity contribution in [2.24, 2.45) is 0 Å². The van der Waals surface area contributed by atoms with E-state index in [1.54, 1.807) is 5.56 Å². The molecule has 1 rings (SSSR count). The van der Waals surface area contributed by atoms with E-state index in [0.717, 1.165) is 0 Å². The second-order valence-corrected chi connectivity index (χ2v) is 9.59. The summed E-state index contributed by atoms with van der Waals surface area (Å²) in [5.41, 5.74) is 4.58. The van der Waals surface area contributed by atoms with Crippen LogP contribution in [0.3, 0.4) is 0 Å². The normalized spacial score (nSPS) is 11.3. The third-order valence-electron chi connectivity index (χ3n) is 6.46. The number of unbranched alkanes of at least 4 members (excludes halogenated alkanes) is 15. The fraction of sp³-hybridized carbons (Fsp3) is 0.800. The highest BCUT2D eigenvalue weighted by Crippen LogP contribution is 2.19. The van der Waals surface area contributed by atoms with Gasteiger partial charge in [0.05, 0.1) is 0 Å². The minimum Gasteiger partial charge on any atom is -0.0654 e. The van der Waals surface area contributed by atoms with Gasteiger partial charge in [0.25, 0.3) is 0 Å². The van der Waals surface area contributed by atoms with Crippen LogP contribution in [0, 0.1) is 6.07 Å². The van der Waals surface area contributed by atoms with E-state index in [-0.39, 0.29) is 0 Å². The van der Waals surface area contributed by atoms with Crippen LogP contribution in [0.4, 0.5) is 0 Å². The van der Waals surface area contributed by atoms with Gasteiger partial charge >= 0.3 is 0 Å². The van der Waals surface area contributed by atoms with E-state index in [1.165, 1.54) is 146 Å². The highest BCUT2D eigenvalue weighted by Gasteiger charge is 2.04. The molecule has 0 aliphatic heterocycles. The Morgan fingerprint density at radius 1 is 0.433 bits per heavy atom. The Hall–Kier alpha value is -0.780. The first kappa shape index (κ1) is 27.3. The lowest BCUT2D eigenvalue weighted by Gasteiger charge is -2.10. The molecular weight excluding hydrogens is 360 g/mol. The molecule has 0 bridgehead atoms. The quantitative estimate of drug-likeness (QED) is 0.176. The molecule has 0 heterocycles. The summed E-state index contributed by atoms with van der Waals surface area (Å²) in [6.07, 6.45) is 28.7. The SMILES string of the molecule is CCCCCCCCc1[c]c(CCCCCCCC)cc(CCCCCCCC)c1. The van der Waals surface area contributed by atoms with E-state index in [9.17, 15) is 0 Å². The lowest BCUT2D eigenvalue weighted by molar-refractivity contribution is 0.601. The van der Waals surface area contributed by atoms with Crippen LogP contribution in [0.1, 0.15) is 153 Å². The molecule has 0 fully saturated rings. The van der Waals surface area contributed by atoms with Gasteiger partial charge in [-0.05, 0) is 61.3 Å². The molecule has 1 aromatic rings. The molecule has 0 aliphatic rings. The van der Waals surface area contributed by atoms with E-state index in [1.807, 2.05) is 0 Å². The Morgan fingerprint density at radius 2 is 0.767 bits per heavy atom. The van der Waals surface area contributed by atoms with E-state index in [0.29, 0.717) is 0 Å². The van der Waals surface area contributed by atoms with Gasteiger partial charge in [-0.25, -0.2) is 0 Å². The number of aryl methyl sites for hydroxylation is 3. The summed E-state index contributed by atoms with van der Waals surface area (Å²) in [7, 11) is 0. The van der Waals surface area contributed by atoms with Gasteiger partial charge in [0, 0.05) is 0 Å². The molecule has 30 heavy (non-hydrogen) atoms. The third kappa shape index (κ3) is 15.1. The van der Waals surface area contributed by atoms with Crippen molar-refractivity contribution >= 4 is 0 Å². The van der Waals surface area contributed by atoms with Crippen molar-refractivity contribution in [3.05, 3.63) is 34.9 Å². The molecule has 0 saturated heterocycles. The first-order valence-corrected chi connectivity index (χ1v) is 13.8. The molecule has 173 valence electrons. The maximum atomic E-state index is 3.81. The van der Waals surface area contributed by atoms with Crippen molar-refractivity contribution in [2.75, 3.05) is 0 Å². The summed E-state index contributed by atoms with van der Waals surface area (Å²) >= 11 is 0. The van der Waals surface area contributed by atoms with Gasteiger partial charge in [0.1, 0.15) is 0 Å². The van der Waals surface area contributed by atoms with Crippen molar-refractivity contribution in [3.8, 4) is 0 Å². The topological polar surface area (TPSA) is 0 Å². The predicted octanol–water partition coefficient (Wildman–Crippen LogP) is 10.2. The molecule has 1 radical (unpaired) electrons. The number of hydrogen-bond acceptors (Lipinski definition) is 0. The minimum absolute atomic E-state index is 1.24. The summed E-state index contributed by atoms with van der Waals surface area (Å²) in [6, 6.07) is 8.79. The smallest absolute Gasteiger partial charge is 0.0114 e. The lowest BCUT2D eigenvalue weighted by Crippen LogP contribution is -1.97. The second-order valence-electron chi connectivity index (χ2n) is 9.59. The van der Waals surface area contributed by atoms with Crippen molar-refractivity contribution in [1.82, 2.24) is 0 Å². The highest BCUT2D eigenvalue weighted by molar-refractivity contribution is 5.29. The fourth-order valence-electron chi connectivity index (χ4n) is 4.48. The monoisotopic (exact) mass is 413 g/mol. The van der Waals surface area contributed by atoms with Crippen LogP contribution in [-0.2, 0) is 19.3 Å². The molecule has 0 aromatic heterocycles. The van der Waals surface area contributed by atoms with Gasteiger partial charge in [-0.3, -0.25) is 0 Å². The first-order chi connectivity index (χ1) is 14.8. The zero-order chi connectivity index (χ0) is 21.7. The van der Waals surface area contributed by atoms with E-state index < -0.39 is 0 Å². The van der Waals surface area contributed by atoms with Crippen LogP contribution >= 0.6 is 0 Å². The molecule has 0 amide bonds. The van der Waals surface area contributed by atoms with E-state index >= 15 is 0 Å². The maximum absolute atomic E-state index is 3.81. The zero-order valence-corrected chi connectivity index (χ0v) is 21.0. The molecular formula is C30H53. The number of hydrogen-bond donors (Lipinski definition) is 0. The molecule has 0 nitrogen and oxygen atoms in total. The Morgan fingerprint density at radius 3 is 1.17 bits per heavy atom. The minimum atomic E-state index is 1.24. The Bertz CT molecular complexity index is 403. The van der Waals surface area contributed by atoms with Gasteiger partial charge < -0.3 is 0 Å². The molecule has 0 aliphatic carbocycles. The number of rotatable bonds is 21. The Balaban J connectivity index is 2.47. The summed E-state index contributed by atoms with van der Waals surface area (Å²) in [6.45, 7) is 6.91. The van der Waals surface area contributed by atoms with Crippen LogP contribution in [0.15, 0.2) is 12.1 Å². The van der Waals surface area contributed by atoms with Crippen molar-refractivity contribution in [3.63, 3.8) is 0 Å². The molecule has 0 N–H and O–H groups in total. The standard InChI is InChI=1S/C30H53/c1-4-7-10-13-16-19-22-28-25-29(23-20-17-14-11-8-5-2)27-30(26-28)24-21-18-15-12-9-6-3/h25-26H,4-24H2,1-3H3. The van der Waals surface area contributed by atoms with E-state index in [4.69, 9.17) is 0 Å². The average Bonchev–Trinajstić information content (AvgIpc) is 2.75. The Kier molecular flexibility index (Phi) is 18.3. The largest absolute Gasteiger partial charge is 0.0654 e. The third-order valence-corrected chi connectivity index (χ3v) is 6.46. The summed E-state index contributed by atoms with van der Waals surface area (Å²) in [5, 5.41) is 0. The molecule has 1 aromatic carbocycles.